The monoisotopic (exact) mass is 265 g/mol. The van der Waals surface area contributed by atoms with E-state index in [-0.39, 0.29) is 6.04 Å². The van der Waals surface area contributed by atoms with E-state index in [0.29, 0.717) is 5.56 Å². The Morgan fingerprint density at radius 3 is 2.47 bits per heavy atom. The van der Waals surface area contributed by atoms with Crippen LogP contribution in [0, 0.1) is 11.6 Å². The van der Waals surface area contributed by atoms with Gasteiger partial charge in [0.05, 0.1) is 18.1 Å². The molecule has 1 unspecified atom stereocenters. The number of rotatable bonds is 5. The van der Waals surface area contributed by atoms with E-state index in [2.05, 4.69) is 10.3 Å². The number of nitrogens with zero attached hydrogens (tertiary/aromatic N) is 2. The molecule has 2 rings (SSSR count). The van der Waals surface area contributed by atoms with Crippen LogP contribution in [0.1, 0.15) is 30.6 Å². The highest BCUT2D eigenvalue weighted by Gasteiger charge is 2.17. The molecule has 1 N–H and O–H groups in total. The van der Waals surface area contributed by atoms with Crippen LogP contribution in [0.3, 0.4) is 0 Å². The Hall–Kier alpha value is -1.75. The summed E-state index contributed by atoms with van der Waals surface area (Å²) in [6.07, 6.45) is 4.45. The molecule has 0 radical (unpaired) electrons. The number of aryl methyl sites for hydroxylation is 1. The van der Waals surface area contributed by atoms with Crippen LogP contribution < -0.4 is 5.32 Å². The zero-order valence-electron chi connectivity index (χ0n) is 11.0. The molecule has 1 heterocycles. The number of nitrogens with one attached hydrogen (secondary N) is 1. The number of hydrogen-bond acceptors (Lipinski definition) is 2. The number of imidazole rings is 1. The summed E-state index contributed by atoms with van der Waals surface area (Å²) in [7, 11) is 1.86. The molecule has 0 saturated carbocycles. The summed E-state index contributed by atoms with van der Waals surface area (Å²) >= 11 is 0. The summed E-state index contributed by atoms with van der Waals surface area (Å²) < 4.78 is 28.5. The van der Waals surface area contributed by atoms with Crippen LogP contribution in [0.5, 0.6) is 0 Å². The highest BCUT2D eigenvalue weighted by atomic mass is 19.1. The van der Waals surface area contributed by atoms with E-state index in [4.69, 9.17) is 0 Å². The summed E-state index contributed by atoms with van der Waals surface area (Å²) in [6.45, 7) is 2.79. The molecule has 0 bridgehead atoms. The number of halogens is 2. The molecule has 1 aromatic heterocycles. The van der Waals surface area contributed by atoms with Crippen molar-refractivity contribution in [3.63, 3.8) is 0 Å². The van der Waals surface area contributed by atoms with Gasteiger partial charge in [0.15, 0.2) is 0 Å². The zero-order valence-corrected chi connectivity index (χ0v) is 11.0. The first kappa shape index (κ1) is 13.7. The van der Waals surface area contributed by atoms with Gasteiger partial charge >= 0.3 is 0 Å². The summed E-state index contributed by atoms with van der Waals surface area (Å²) in [6, 6.07) is 3.25. The van der Waals surface area contributed by atoms with Crippen molar-refractivity contribution in [2.24, 2.45) is 7.05 Å². The van der Waals surface area contributed by atoms with Gasteiger partial charge in [-0.3, -0.25) is 0 Å². The second-order valence-electron chi connectivity index (χ2n) is 4.55. The highest BCUT2D eigenvalue weighted by Crippen LogP contribution is 2.22. The van der Waals surface area contributed by atoms with Crippen LogP contribution in [0.15, 0.2) is 30.7 Å². The Kier molecular flexibility index (Phi) is 4.27. The second kappa shape index (κ2) is 5.93. The Labute approximate surface area is 111 Å². The largest absolute Gasteiger partial charge is 0.340 e. The molecule has 102 valence electrons. The quantitative estimate of drug-likeness (QED) is 0.901. The summed E-state index contributed by atoms with van der Waals surface area (Å²) in [4.78, 5) is 4.26. The number of benzene rings is 1. The van der Waals surface area contributed by atoms with Crippen molar-refractivity contribution in [2.75, 3.05) is 6.54 Å². The van der Waals surface area contributed by atoms with Crippen LogP contribution in [0.25, 0.3) is 0 Å². The van der Waals surface area contributed by atoms with E-state index in [1.165, 1.54) is 12.1 Å². The predicted molar refractivity (Wildman–Crippen MR) is 69.7 cm³/mol. The minimum atomic E-state index is -0.575. The van der Waals surface area contributed by atoms with Gasteiger partial charge in [-0.15, -0.1) is 0 Å². The standard InChI is InChI=1S/C14H17F2N3/c1-3-4-17-14(13-8-19(2)9-18-13)10-5-11(15)7-12(16)6-10/h5-9,14,17H,3-4H2,1-2H3. The Bertz CT molecular complexity index is 531. The van der Waals surface area contributed by atoms with E-state index < -0.39 is 11.6 Å². The van der Waals surface area contributed by atoms with Crippen LogP contribution >= 0.6 is 0 Å². The maximum Gasteiger partial charge on any atom is 0.126 e. The van der Waals surface area contributed by atoms with Crippen LogP contribution in [0.2, 0.25) is 0 Å². The SMILES string of the molecule is CCCNC(c1cc(F)cc(F)c1)c1cn(C)cn1. The zero-order chi connectivity index (χ0) is 13.8. The topological polar surface area (TPSA) is 29.9 Å². The lowest BCUT2D eigenvalue weighted by molar-refractivity contribution is 0.554. The fourth-order valence-corrected chi connectivity index (χ4v) is 2.01. The van der Waals surface area contributed by atoms with Crippen molar-refractivity contribution in [1.29, 1.82) is 0 Å². The number of aromatic nitrogens is 2. The number of hydrogen-bond donors (Lipinski definition) is 1. The maximum atomic E-state index is 13.3. The third-order valence-electron chi connectivity index (χ3n) is 2.84. The van der Waals surface area contributed by atoms with E-state index in [9.17, 15) is 8.78 Å². The van der Waals surface area contributed by atoms with Crippen LogP contribution in [-0.4, -0.2) is 16.1 Å². The summed E-state index contributed by atoms with van der Waals surface area (Å²) in [5, 5.41) is 3.26. The Morgan fingerprint density at radius 2 is 1.95 bits per heavy atom. The third-order valence-corrected chi connectivity index (χ3v) is 2.84. The van der Waals surface area contributed by atoms with Crippen molar-refractivity contribution < 1.29 is 8.78 Å². The minimum absolute atomic E-state index is 0.300. The predicted octanol–water partition coefficient (Wildman–Crippen LogP) is 2.79. The summed E-state index contributed by atoms with van der Waals surface area (Å²) in [5.74, 6) is -1.15. The fraction of sp³-hybridized carbons (Fsp3) is 0.357. The lowest BCUT2D eigenvalue weighted by Crippen LogP contribution is -2.23. The van der Waals surface area contributed by atoms with Gasteiger partial charge in [-0.1, -0.05) is 6.92 Å². The Balaban J connectivity index is 2.36. The molecule has 3 nitrogen and oxygen atoms in total. The Morgan fingerprint density at radius 1 is 1.26 bits per heavy atom. The van der Waals surface area contributed by atoms with Crippen molar-refractivity contribution in [3.05, 3.63) is 53.6 Å². The lowest BCUT2D eigenvalue weighted by atomic mass is 10.0. The molecule has 0 amide bonds. The molecule has 0 saturated heterocycles. The third kappa shape index (κ3) is 3.38. The second-order valence-corrected chi connectivity index (χ2v) is 4.55. The van der Waals surface area contributed by atoms with E-state index in [1.54, 1.807) is 6.33 Å². The molecular weight excluding hydrogens is 248 g/mol. The minimum Gasteiger partial charge on any atom is -0.340 e. The molecule has 19 heavy (non-hydrogen) atoms. The molecule has 0 fully saturated rings. The van der Waals surface area contributed by atoms with Gasteiger partial charge in [0, 0.05) is 19.3 Å². The molecule has 1 atom stereocenters. The van der Waals surface area contributed by atoms with Crippen molar-refractivity contribution in [3.8, 4) is 0 Å². The van der Waals surface area contributed by atoms with Crippen LogP contribution in [0.4, 0.5) is 8.78 Å². The van der Waals surface area contributed by atoms with Crippen molar-refractivity contribution >= 4 is 0 Å². The van der Waals surface area contributed by atoms with Gasteiger partial charge in [-0.2, -0.15) is 0 Å². The normalized spacial score (nSPS) is 12.6. The van der Waals surface area contributed by atoms with Crippen LogP contribution in [-0.2, 0) is 7.05 Å². The van der Waals surface area contributed by atoms with Crippen molar-refractivity contribution in [2.45, 2.75) is 19.4 Å². The van der Waals surface area contributed by atoms with Gasteiger partial charge in [-0.25, -0.2) is 13.8 Å². The molecule has 5 heteroatoms. The van der Waals surface area contributed by atoms with Gasteiger partial charge in [0.1, 0.15) is 11.6 Å². The van der Waals surface area contributed by atoms with Gasteiger partial charge in [0.25, 0.3) is 0 Å². The molecular formula is C14H17F2N3. The molecule has 0 aliphatic heterocycles. The molecule has 0 aliphatic rings. The smallest absolute Gasteiger partial charge is 0.126 e. The molecule has 1 aromatic carbocycles. The first-order valence-electron chi connectivity index (χ1n) is 6.27. The van der Waals surface area contributed by atoms with E-state index >= 15 is 0 Å². The fourth-order valence-electron chi connectivity index (χ4n) is 2.01. The molecule has 2 aromatic rings. The molecule has 0 aliphatic carbocycles. The summed E-state index contributed by atoms with van der Waals surface area (Å²) in [5.41, 5.74) is 1.30. The van der Waals surface area contributed by atoms with E-state index in [0.717, 1.165) is 24.7 Å². The first-order valence-corrected chi connectivity index (χ1v) is 6.27. The molecule has 0 spiro atoms. The highest BCUT2D eigenvalue weighted by molar-refractivity contribution is 5.28. The van der Waals surface area contributed by atoms with Gasteiger partial charge in [0.2, 0.25) is 0 Å². The van der Waals surface area contributed by atoms with E-state index in [1.807, 2.05) is 24.7 Å². The average Bonchev–Trinajstić information content (AvgIpc) is 2.75. The average molecular weight is 265 g/mol. The van der Waals surface area contributed by atoms with Gasteiger partial charge < -0.3 is 9.88 Å². The van der Waals surface area contributed by atoms with Gasteiger partial charge in [-0.05, 0) is 30.7 Å². The first-order chi connectivity index (χ1) is 9.10. The maximum absolute atomic E-state index is 13.3. The van der Waals surface area contributed by atoms with Crippen molar-refractivity contribution in [1.82, 2.24) is 14.9 Å². The lowest BCUT2D eigenvalue weighted by Gasteiger charge is -2.17.